The third-order valence-electron chi connectivity index (χ3n) is 2.62. The molecule has 16 heavy (non-hydrogen) atoms. The molecule has 1 saturated heterocycles. The molecule has 2 unspecified atom stereocenters. The molecule has 1 aliphatic heterocycles. The average Bonchev–Trinajstić information content (AvgIpc) is 2.29. The van der Waals surface area contributed by atoms with Gasteiger partial charge in [-0.3, -0.25) is 4.98 Å². The van der Waals surface area contributed by atoms with E-state index in [1.165, 1.54) is 0 Å². The predicted octanol–water partition coefficient (Wildman–Crippen LogP) is 0.742. The van der Waals surface area contributed by atoms with E-state index in [1.54, 1.807) is 12.4 Å². The highest BCUT2D eigenvalue weighted by molar-refractivity contribution is 5.41. The fourth-order valence-corrected chi connectivity index (χ4v) is 1.84. The number of nitrogens with zero attached hydrogens (tertiary/aromatic N) is 2. The number of hydrazine groups is 1. The summed E-state index contributed by atoms with van der Waals surface area (Å²) < 4.78 is 5.48. The summed E-state index contributed by atoms with van der Waals surface area (Å²) in [5, 5.41) is 3.34. The number of hydrogen-bond donors (Lipinski definition) is 3. The number of nitrogens with two attached hydrogens (primary N) is 1. The summed E-state index contributed by atoms with van der Waals surface area (Å²) in [6.07, 6.45) is 5.56. The first-order valence-corrected chi connectivity index (χ1v) is 5.44. The van der Waals surface area contributed by atoms with Gasteiger partial charge in [-0.05, 0) is 19.8 Å². The van der Waals surface area contributed by atoms with Crippen LogP contribution in [-0.2, 0) is 4.74 Å². The highest BCUT2D eigenvalue weighted by Gasteiger charge is 2.19. The first kappa shape index (κ1) is 11.1. The summed E-state index contributed by atoms with van der Waals surface area (Å²) in [6.45, 7) is 2.87. The smallest absolute Gasteiger partial charge is 0.160 e. The SMILES string of the molecule is CC1CC(Nc2cncc(NN)n2)CCO1. The predicted molar refractivity (Wildman–Crippen MR) is 61.9 cm³/mol. The lowest BCUT2D eigenvalue weighted by Crippen LogP contribution is -2.32. The van der Waals surface area contributed by atoms with Gasteiger partial charge in [-0.2, -0.15) is 0 Å². The Kier molecular flexibility index (Phi) is 3.53. The molecule has 6 nitrogen and oxygen atoms in total. The van der Waals surface area contributed by atoms with Gasteiger partial charge in [-0.15, -0.1) is 0 Å². The zero-order chi connectivity index (χ0) is 11.4. The molecular formula is C10H17N5O. The molecule has 1 fully saturated rings. The molecule has 2 atom stereocenters. The molecule has 1 aromatic heterocycles. The molecule has 2 rings (SSSR count). The normalized spacial score (nSPS) is 25.1. The minimum absolute atomic E-state index is 0.301. The zero-order valence-electron chi connectivity index (χ0n) is 9.31. The van der Waals surface area contributed by atoms with Crippen molar-refractivity contribution in [2.75, 3.05) is 17.3 Å². The lowest BCUT2D eigenvalue weighted by molar-refractivity contribution is 0.0232. The summed E-state index contributed by atoms with van der Waals surface area (Å²) in [4.78, 5) is 8.30. The van der Waals surface area contributed by atoms with Crippen LogP contribution in [0.2, 0.25) is 0 Å². The van der Waals surface area contributed by atoms with Crippen molar-refractivity contribution in [2.45, 2.75) is 31.9 Å². The fraction of sp³-hybridized carbons (Fsp3) is 0.600. The van der Waals surface area contributed by atoms with E-state index in [9.17, 15) is 0 Å². The van der Waals surface area contributed by atoms with E-state index in [2.05, 4.69) is 27.6 Å². The van der Waals surface area contributed by atoms with Crippen molar-refractivity contribution in [3.8, 4) is 0 Å². The summed E-state index contributed by atoms with van der Waals surface area (Å²) in [6, 6.07) is 0.395. The van der Waals surface area contributed by atoms with Crippen LogP contribution in [0.25, 0.3) is 0 Å². The van der Waals surface area contributed by atoms with E-state index in [1.807, 2.05) is 0 Å². The van der Waals surface area contributed by atoms with Gasteiger partial charge in [0.2, 0.25) is 0 Å². The van der Waals surface area contributed by atoms with Crippen molar-refractivity contribution in [3.05, 3.63) is 12.4 Å². The molecule has 6 heteroatoms. The molecule has 0 aliphatic carbocycles. The van der Waals surface area contributed by atoms with Gasteiger partial charge in [0.25, 0.3) is 0 Å². The molecule has 2 heterocycles. The van der Waals surface area contributed by atoms with E-state index < -0.39 is 0 Å². The van der Waals surface area contributed by atoms with Crippen LogP contribution in [0.15, 0.2) is 12.4 Å². The van der Waals surface area contributed by atoms with E-state index in [-0.39, 0.29) is 0 Å². The quantitative estimate of drug-likeness (QED) is 0.517. The Labute approximate surface area is 94.6 Å². The van der Waals surface area contributed by atoms with Crippen LogP contribution in [0, 0.1) is 0 Å². The largest absolute Gasteiger partial charge is 0.378 e. The van der Waals surface area contributed by atoms with Gasteiger partial charge in [-0.1, -0.05) is 0 Å². The van der Waals surface area contributed by atoms with Crippen molar-refractivity contribution in [1.82, 2.24) is 9.97 Å². The van der Waals surface area contributed by atoms with Crippen LogP contribution in [0.1, 0.15) is 19.8 Å². The molecule has 0 aromatic carbocycles. The van der Waals surface area contributed by atoms with E-state index in [4.69, 9.17) is 10.6 Å². The number of anilines is 2. The molecule has 0 radical (unpaired) electrons. The zero-order valence-corrected chi connectivity index (χ0v) is 9.31. The molecule has 0 bridgehead atoms. The number of ether oxygens (including phenoxy) is 1. The maximum atomic E-state index is 5.48. The maximum absolute atomic E-state index is 5.48. The summed E-state index contributed by atoms with van der Waals surface area (Å²) in [7, 11) is 0. The fourth-order valence-electron chi connectivity index (χ4n) is 1.84. The van der Waals surface area contributed by atoms with Crippen LogP contribution in [-0.4, -0.2) is 28.7 Å². The number of hydrogen-bond acceptors (Lipinski definition) is 6. The second-order valence-corrected chi connectivity index (χ2v) is 3.98. The highest BCUT2D eigenvalue weighted by Crippen LogP contribution is 2.17. The molecule has 0 saturated carbocycles. The van der Waals surface area contributed by atoms with Gasteiger partial charge in [0.05, 0.1) is 18.5 Å². The number of nitrogen functional groups attached to an aromatic ring is 1. The third kappa shape index (κ3) is 2.80. The van der Waals surface area contributed by atoms with Crippen LogP contribution in [0.5, 0.6) is 0 Å². The van der Waals surface area contributed by atoms with Crippen molar-refractivity contribution < 1.29 is 4.74 Å². The molecule has 88 valence electrons. The van der Waals surface area contributed by atoms with Crippen LogP contribution < -0.4 is 16.6 Å². The summed E-state index contributed by atoms with van der Waals surface area (Å²) in [5.41, 5.74) is 2.48. The van der Waals surface area contributed by atoms with E-state index in [0.717, 1.165) is 25.3 Å². The number of nitrogens with one attached hydrogen (secondary N) is 2. The van der Waals surface area contributed by atoms with E-state index >= 15 is 0 Å². The lowest BCUT2D eigenvalue weighted by atomic mass is 10.0. The Morgan fingerprint density at radius 3 is 3.00 bits per heavy atom. The van der Waals surface area contributed by atoms with Crippen molar-refractivity contribution in [2.24, 2.45) is 5.84 Å². The second kappa shape index (κ2) is 5.09. The Bertz CT molecular complexity index is 346. The van der Waals surface area contributed by atoms with Gasteiger partial charge in [-0.25, -0.2) is 10.8 Å². The van der Waals surface area contributed by atoms with Crippen LogP contribution in [0.3, 0.4) is 0 Å². The Hall–Kier alpha value is -1.40. The van der Waals surface area contributed by atoms with Crippen molar-refractivity contribution in [3.63, 3.8) is 0 Å². The van der Waals surface area contributed by atoms with Gasteiger partial charge in [0, 0.05) is 12.6 Å². The Morgan fingerprint density at radius 1 is 1.44 bits per heavy atom. The minimum Gasteiger partial charge on any atom is -0.378 e. The van der Waals surface area contributed by atoms with Crippen molar-refractivity contribution >= 4 is 11.6 Å². The van der Waals surface area contributed by atoms with Gasteiger partial charge in [0.15, 0.2) is 5.82 Å². The monoisotopic (exact) mass is 223 g/mol. The Morgan fingerprint density at radius 2 is 2.25 bits per heavy atom. The topological polar surface area (TPSA) is 85.1 Å². The Balaban J connectivity index is 1.97. The van der Waals surface area contributed by atoms with Gasteiger partial charge < -0.3 is 15.5 Å². The van der Waals surface area contributed by atoms with Gasteiger partial charge in [0.1, 0.15) is 5.82 Å². The molecular weight excluding hydrogens is 206 g/mol. The maximum Gasteiger partial charge on any atom is 0.160 e. The summed E-state index contributed by atoms with van der Waals surface area (Å²) in [5.74, 6) is 6.58. The number of aromatic nitrogens is 2. The van der Waals surface area contributed by atoms with Crippen LogP contribution >= 0.6 is 0 Å². The average molecular weight is 223 g/mol. The first-order chi connectivity index (χ1) is 7.78. The third-order valence-corrected chi connectivity index (χ3v) is 2.62. The molecule has 0 spiro atoms. The van der Waals surface area contributed by atoms with Crippen molar-refractivity contribution in [1.29, 1.82) is 0 Å². The summed E-state index contributed by atoms with van der Waals surface area (Å²) >= 11 is 0. The number of rotatable bonds is 3. The second-order valence-electron chi connectivity index (χ2n) is 3.98. The standard InChI is InChI=1S/C10H17N5O/c1-7-4-8(2-3-16-7)13-9-5-12-6-10(14-9)15-11/h5-8H,2-4,11H2,1H3,(H2,13,14,15). The van der Waals surface area contributed by atoms with Gasteiger partial charge >= 0.3 is 0 Å². The molecule has 4 N–H and O–H groups in total. The minimum atomic E-state index is 0.301. The lowest BCUT2D eigenvalue weighted by Gasteiger charge is -2.28. The van der Waals surface area contributed by atoms with Crippen LogP contribution in [0.4, 0.5) is 11.6 Å². The highest BCUT2D eigenvalue weighted by atomic mass is 16.5. The van der Waals surface area contributed by atoms with E-state index in [0.29, 0.717) is 18.0 Å². The molecule has 0 amide bonds. The molecule has 1 aliphatic rings. The molecule has 1 aromatic rings. The first-order valence-electron chi connectivity index (χ1n) is 5.44.